The predicted octanol–water partition coefficient (Wildman–Crippen LogP) is 2.88. The van der Waals surface area contributed by atoms with Crippen LogP contribution in [0.2, 0.25) is 0 Å². The second-order valence-electron chi connectivity index (χ2n) is 4.96. The van der Waals surface area contributed by atoms with E-state index in [9.17, 15) is 4.79 Å². The van der Waals surface area contributed by atoms with Gasteiger partial charge in [0.05, 0.1) is 12.0 Å². The van der Waals surface area contributed by atoms with Crippen LogP contribution < -0.4 is 5.32 Å². The zero-order valence-corrected chi connectivity index (χ0v) is 12.9. The highest BCUT2D eigenvalue weighted by Gasteiger charge is 2.30. The minimum absolute atomic E-state index is 0.00868. The van der Waals surface area contributed by atoms with Gasteiger partial charge in [-0.2, -0.15) is 0 Å². The van der Waals surface area contributed by atoms with E-state index in [-0.39, 0.29) is 11.9 Å². The summed E-state index contributed by atoms with van der Waals surface area (Å²) in [7, 11) is 1.63. The number of nitrogens with one attached hydrogen (secondary N) is 1. The fourth-order valence-corrected chi connectivity index (χ4v) is 1.96. The summed E-state index contributed by atoms with van der Waals surface area (Å²) in [6.07, 6.45) is 0. The van der Waals surface area contributed by atoms with Crippen molar-refractivity contribution in [1.82, 2.24) is 5.32 Å². The van der Waals surface area contributed by atoms with Crippen molar-refractivity contribution in [1.29, 1.82) is 0 Å². The van der Waals surface area contributed by atoms with Crippen molar-refractivity contribution in [2.75, 3.05) is 13.7 Å². The van der Waals surface area contributed by atoms with Gasteiger partial charge in [0.15, 0.2) is 0 Å². The molecular formula is C14H20BrNO2. The van der Waals surface area contributed by atoms with E-state index in [0.717, 1.165) is 10.0 Å². The van der Waals surface area contributed by atoms with Gasteiger partial charge in [-0.1, -0.05) is 28.1 Å². The van der Waals surface area contributed by atoms with Crippen LogP contribution in [0.5, 0.6) is 0 Å². The lowest BCUT2D eigenvalue weighted by molar-refractivity contribution is -0.126. The van der Waals surface area contributed by atoms with Crippen LogP contribution >= 0.6 is 15.9 Å². The quantitative estimate of drug-likeness (QED) is 0.907. The average Bonchev–Trinajstić information content (AvgIpc) is 2.29. The summed E-state index contributed by atoms with van der Waals surface area (Å²) in [5.41, 5.74) is 0.440. The largest absolute Gasteiger partial charge is 0.383 e. The first-order valence-corrected chi connectivity index (χ1v) is 6.73. The van der Waals surface area contributed by atoms with Crippen molar-refractivity contribution >= 4 is 21.8 Å². The first-order valence-electron chi connectivity index (χ1n) is 5.94. The van der Waals surface area contributed by atoms with Gasteiger partial charge in [0.1, 0.15) is 0 Å². The molecule has 4 heteroatoms. The van der Waals surface area contributed by atoms with Gasteiger partial charge >= 0.3 is 0 Å². The van der Waals surface area contributed by atoms with Crippen LogP contribution in [0.25, 0.3) is 0 Å². The molecule has 0 radical (unpaired) electrons. The molecule has 0 bridgehead atoms. The standard InChI is InChI=1S/C14H20BrNO2/c1-10(9-18-4)16-13(17)14(2,3)11-5-7-12(15)8-6-11/h5-8,10H,9H2,1-4H3,(H,16,17). The highest BCUT2D eigenvalue weighted by molar-refractivity contribution is 9.10. The Balaban J connectivity index is 2.79. The summed E-state index contributed by atoms with van der Waals surface area (Å²) in [4.78, 5) is 12.3. The van der Waals surface area contributed by atoms with Crippen LogP contribution in [0.3, 0.4) is 0 Å². The smallest absolute Gasteiger partial charge is 0.230 e. The van der Waals surface area contributed by atoms with Crippen LogP contribution in [0, 0.1) is 0 Å². The molecular weight excluding hydrogens is 294 g/mol. The second kappa shape index (κ2) is 6.34. The number of halogens is 1. The molecule has 1 N–H and O–H groups in total. The second-order valence-corrected chi connectivity index (χ2v) is 5.88. The molecule has 1 amide bonds. The van der Waals surface area contributed by atoms with Crippen LogP contribution in [0.4, 0.5) is 0 Å². The van der Waals surface area contributed by atoms with E-state index < -0.39 is 5.41 Å². The summed E-state index contributed by atoms with van der Waals surface area (Å²) in [6, 6.07) is 7.83. The van der Waals surface area contributed by atoms with Crippen molar-refractivity contribution in [3.8, 4) is 0 Å². The maximum absolute atomic E-state index is 12.3. The third kappa shape index (κ3) is 3.82. The molecule has 1 aromatic carbocycles. The Labute approximate surface area is 117 Å². The number of rotatable bonds is 5. The molecule has 0 heterocycles. The minimum Gasteiger partial charge on any atom is -0.383 e. The maximum Gasteiger partial charge on any atom is 0.230 e. The highest BCUT2D eigenvalue weighted by atomic mass is 79.9. The predicted molar refractivity (Wildman–Crippen MR) is 76.6 cm³/mol. The molecule has 0 fully saturated rings. The fraction of sp³-hybridized carbons (Fsp3) is 0.500. The number of benzene rings is 1. The summed E-state index contributed by atoms with van der Waals surface area (Å²) in [5, 5.41) is 2.96. The fourth-order valence-electron chi connectivity index (χ4n) is 1.69. The van der Waals surface area contributed by atoms with Crippen LogP contribution in [0.1, 0.15) is 26.3 Å². The lowest BCUT2D eigenvalue weighted by Crippen LogP contribution is -2.45. The van der Waals surface area contributed by atoms with Gasteiger partial charge in [-0.3, -0.25) is 4.79 Å². The Bertz CT molecular complexity index is 401. The van der Waals surface area contributed by atoms with E-state index in [1.165, 1.54) is 0 Å². The normalized spacial score (nSPS) is 13.2. The van der Waals surface area contributed by atoms with Crippen molar-refractivity contribution < 1.29 is 9.53 Å². The molecule has 0 aromatic heterocycles. The third-order valence-corrected chi connectivity index (χ3v) is 3.46. The Morgan fingerprint density at radius 2 is 1.94 bits per heavy atom. The average molecular weight is 314 g/mol. The number of carbonyl (C=O) groups excluding carboxylic acids is 1. The molecule has 0 aliphatic heterocycles. The van der Waals surface area contributed by atoms with Gasteiger partial charge in [0, 0.05) is 17.6 Å². The summed E-state index contributed by atoms with van der Waals surface area (Å²) in [5.74, 6) is 0.00868. The molecule has 1 aromatic rings. The van der Waals surface area contributed by atoms with Crippen molar-refractivity contribution in [3.05, 3.63) is 34.3 Å². The van der Waals surface area contributed by atoms with Gasteiger partial charge in [0.2, 0.25) is 5.91 Å². The highest BCUT2D eigenvalue weighted by Crippen LogP contribution is 2.25. The molecule has 18 heavy (non-hydrogen) atoms. The van der Waals surface area contributed by atoms with Crippen LogP contribution in [-0.2, 0) is 14.9 Å². The molecule has 0 aliphatic carbocycles. The lowest BCUT2D eigenvalue weighted by atomic mass is 9.83. The molecule has 0 saturated heterocycles. The Morgan fingerprint density at radius 1 is 1.39 bits per heavy atom. The van der Waals surface area contributed by atoms with Crippen LogP contribution in [0.15, 0.2) is 28.7 Å². The van der Waals surface area contributed by atoms with Gasteiger partial charge in [-0.05, 0) is 38.5 Å². The van der Waals surface area contributed by atoms with E-state index in [1.54, 1.807) is 7.11 Å². The number of methoxy groups -OCH3 is 1. The van der Waals surface area contributed by atoms with Crippen LogP contribution in [-0.4, -0.2) is 25.7 Å². The molecule has 1 unspecified atom stereocenters. The molecule has 0 spiro atoms. The lowest BCUT2D eigenvalue weighted by Gasteiger charge is -2.26. The van der Waals surface area contributed by atoms with Gasteiger partial charge in [0.25, 0.3) is 0 Å². The van der Waals surface area contributed by atoms with Gasteiger partial charge < -0.3 is 10.1 Å². The number of hydrogen-bond acceptors (Lipinski definition) is 2. The third-order valence-electron chi connectivity index (χ3n) is 2.93. The SMILES string of the molecule is COCC(C)NC(=O)C(C)(C)c1ccc(Br)cc1. The first kappa shape index (κ1) is 15.2. The van der Waals surface area contributed by atoms with E-state index in [2.05, 4.69) is 21.2 Å². The zero-order chi connectivity index (χ0) is 13.8. The van der Waals surface area contributed by atoms with E-state index in [1.807, 2.05) is 45.0 Å². The van der Waals surface area contributed by atoms with Crippen molar-refractivity contribution in [2.24, 2.45) is 0 Å². The Kier molecular flexibility index (Phi) is 5.35. The number of amides is 1. The molecule has 3 nitrogen and oxygen atoms in total. The number of hydrogen-bond donors (Lipinski definition) is 1. The van der Waals surface area contributed by atoms with E-state index in [4.69, 9.17) is 4.74 Å². The summed E-state index contributed by atoms with van der Waals surface area (Å²) < 4.78 is 6.03. The van der Waals surface area contributed by atoms with E-state index in [0.29, 0.717) is 6.61 Å². The molecule has 100 valence electrons. The van der Waals surface area contributed by atoms with E-state index >= 15 is 0 Å². The topological polar surface area (TPSA) is 38.3 Å². The maximum atomic E-state index is 12.3. The number of ether oxygens (including phenoxy) is 1. The first-order chi connectivity index (χ1) is 8.37. The molecule has 1 rings (SSSR count). The summed E-state index contributed by atoms with van der Waals surface area (Å²) in [6.45, 7) is 6.29. The van der Waals surface area contributed by atoms with Gasteiger partial charge in [-0.25, -0.2) is 0 Å². The van der Waals surface area contributed by atoms with Crippen molar-refractivity contribution in [3.63, 3.8) is 0 Å². The molecule has 0 saturated carbocycles. The Hall–Kier alpha value is -0.870. The molecule has 0 aliphatic rings. The monoisotopic (exact) mass is 313 g/mol. The summed E-state index contributed by atoms with van der Waals surface area (Å²) >= 11 is 3.39. The van der Waals surface area contributed by atoms with Crippen molar-refractivity contribution in [2.45, 2.75) is 32.2 Å². The minimum atomic E-state index is -0.553. The van der Waals surface area contributed by atoms with Gasteiger partial charge in [-0.15, -0.1) is 0 Å². The molecule has 1 atom stereocenters. The number of carbonyl (C=O) groups is 1. The zero-order valence-electron chi connectivity index (χ0n) is 11.3. The Morgan fingerprint density at radius 3 is 2.44 bits per heavy atom.